The van der Waals surface area contributed by atoms with E-state index in [1.54, 1.807) is 0 Å². The molecule has 1 N–H and O–H groups in total. The Bertz CT molecular complexity index is 738. The number of aryl methyl sites for hydroxylation is 3. The number of nitrogens with zero attached hydrogens (tertiary/aromatic N) is 2. The molecule has 0 spiro atoms. The highest BCUT2D eigenvalue weighted by Gasteiger charge is 2.14. The number of hydrogen-bond donors (Lipinski definition) is 1. The summed E-state index contributed by atoms with van der Waals surface area (Å²) in [7, 11) is 1.98. The minimum atomic E-state index is 0.166. The summed E-state index contributed by atoms with van der Waals surface area (Å²) in [5, 5.41) is 8.19. The first-order chi connectivity index (χ1) is 11.1. The number of hydrogen-bond acceptors (Lipinski definition) is 2. The molecule has 0 amide bonds. The number of rotatable bonds is 5. The minimum Gasteiger partial charge on any atom is -0.300 e. The molecule has 0 radical (unpaired) electrons. The van der Waals surface area contributed by atoms with Crippen LogP contribution in [-0.4, -0.2) is 9.78 Å². The van der Waals surface area contributed by atoms with Gasteiger partial charge in [-0.15, -0.1) is 0 Å². The molecule has 0 bridgehead atoms. The lowest BCUT2D eigenvalue weighted by Crippen LogP contribution is -2.22. The smallest absolute Gasteiger partial charge is 0.0765 e. The first-order valence-electron chi connectivity index (χ1n) is 7.98. The van der Waals surface area contributed by atoms with Crippen molar-refractivity contribution < 1.29 is 0 Å². The van der Waals surface area contributed by atoms with E-state index in [1.807, 2.05) is 11.7 Å². The average molecular weight is 305 g/mol. The Kier molecular flexibility index (Phi) is 4.58. The molecule has 3 rings (SSSR count). The van der Waals surface area contributed by atoms with Crippen LogP contribution >= 0.6 is 0 Å². The third-order valence-corrected chi connectivity index (χ3v) is 4.20. The van der Waals surface area contributed by atoms with Gasteiger partial charge in [0.25, 0.3) is 0 Å². The molecule has 1 unspecified atom stereocenters. The molecule has 1 heterocycles. The Morgan fingerprint density at radius 3 is 2.22 bits per heavy atom. The van der Waals surface area contributed by atoms with Gasteiger partial charge in [-0.3, -0.25) is 4.68 Å². The van der Waals surface area contributed by atoms with Crippen molar-refractivity contribution in [1.29, 1.82) is 0 Å². The van der Waals surface area contributed by atoms with Crippen LogP contribution in [0.25, 0.3) is 0 Å². The van der Waals surface area contributed by atoms with Gasteiger partial charge in [0.2, 0.25) is 0 Å². The molecule has 0 saturated heterocycles. The Labute approximate surface area is 138 Å². The van der Waals surface area contributed by atoms with E-state index in [4.69, 9.17) is 0 Å². The zero-order valence-corrected chi connectivity index (χ0v) is 14.0. The normalized spacial score (nSPS) is 12.3. The van der Waals surface area contributed by atoms with Crippen LogP contribution in [0.4, 0.5) is 0 Å². The summed E-state index contributed by atoms with van der Waals surface area (Å²) in [4.78, 5) is 0. The summed E-state index contributed by atoms with van der Waals surface area (Å²) < 4.78 is 1.92. The van der Waals surface area contributed by atoms with E-state index in [9.17, 15) is 0 Å². The van der Waals surface area contributed by atoms with Crippen LogP contribution in [0.3, 0.4) is 0 Å². The molecule has 3 heteroatoms. The van der Waals surface area contributed by atoms with E-state index < -0.39 is 0 Å². The Morgan fingerprint density at radius 1 is 0.957 bits per heavy atom. The maximum Gasteiger partial charge on any atom is 0.0765 e. The van der Waals surface area contributed by atoms with E-state index in [1.165, 1.54) is 22.4 Å². The van der Waals surface area contributed by atoms with Gasteiger partial charge in [-0.2, -0.15) is 5.10 Å². The predicted molar refractivity (Wildman–Crippen MR) is 94.2 cm³/mol. The van der Waals surface area contributed by atoms with E-state index >= 15 is 0 Å². The monoisotopic (exact) mass is 305 g/mol. The zero-order valence-electron chi connectivity index (χ0n) is 14.0. The van der Waals surface area contributed by atoms with E-state index in [0.717, 1.165) is 12.2 Å². The lowest BCUT2D eigenvalue weighted by Gasteiger charge is -2.19. The highest BCUT2D eigenvalue weighted by molar-refractivity contribution is 5.33. The largest absolute Gasteiger partial charge is 0.300 e. The first kappa shape index (κ1) is 15.5. The second kappa shape index (κ2) is 6.80. The van der Waals surface area contributed by atoms with Crippen molar-refractivity contribution in [1.82, 2.24) is 15.1 Å². The summed E-state index contributed by atoms with van der Waals surface area (Å²) in [6.07, 6.45) is 0. The summed E-state index contributed by atoms with van der Waals surface area (Å²) in [6.45, 7) is 4.94. The molecular formula is C20H23N3. The average Bonchev–Trinajstić information content (AvgIpc) is 2.88. The second-order valence-electron chi connectivity index (χ2n) is 6.04. The zero-order chi connectivity index (χ0) is 16.2. The van der Waals surface area contributed by atoms with Crippen LogP contribution < -0.4 is 5.32 Å². The van der Waals surface area contributed by atoms with Gasteiger partial charge >= 0.3 is 0 Å². The number of aromatic nitrogens is 2. The molecule has 118 valence electrons. The molecule has 0 aliphatic carbocycles. The lowest BCUT2D eigenvalue weighted by molar-refractivity contribution is 0.588. The number of nitrogens with one attached hydrogen (secondary N) is 1. The van der Waals surface area contributed by atoms with Crippen molar-refractivity contribution in [2.45, 2.75) is 26.4 Å². The van der Waals surface area contributed by atoms with Gasteiger partial charge in [0.15, 0.2) is 0 Å². The molecule has 0 fully saturated rings. The molecular weight excluding hydrogens is 282 g/mol. The van der Waals surface area contributed by atoms with Gasteiger partial charge in [0.1, 0.15) is 0 Å². The quantitative estimate of drug-likeness (QED) is 0.774. The van der Waals surface area contributed by atoms with Gasteiger partial charge in [0, 0.05) is 19.3 Å². The summed E-state index contributed by atoms with van der Waals surface area (Å²) in [5.74, 6) is 0. The Hall–Kier alpha value is -2.39. The molecule has 1 aromatic heterocycles. The van der Waals surface area contributed by atoms with Crippen LogP contribution in [0.1, 0.15) is 34.1 Å². The SMILES string of the molecule is Cc1ccc(C(NCc2cc(C)n(C)n2)c2ccccc2)cc1. The fraction of sp³-hybridized carbons (Fsp3) is 0.250. The van der Waals surface area contributed by atoms with Crippen LogP contribution in [0.2, 0.25) is 0 Å². The van der Waals surface area contributed by atoms with Crippen molar-refractivity contribution in [3.63, 3.8) is 0 Å². The fourth-order valence-electron chi connectivity index (χ4n) is 2.76. The van der Waals surface area contributed by atoms with Crippen molar-refractivity contribution in [2.24, 2.45) is 7.05 Å². The van der Waals surface area contributed by atoms with Crippen molar-refractivity contribution in [3.8, 4) is 0 Å². The maximum atomic E-state index is 4.54. The van der Waals surface area contributed by atoms with Crippen LogP contribution in [-0.2, 0) is 13.6 Å². The third-order valence-electron chi connectivity index (χ3n) is 4.20. The highest BCUT2D eigenvalue weighted by atomic mass is 15.3. The van der Waals surface area contributed by atoms with E-state index in [0.29, 0.717) is 0 Å². The summed E-state index contributed by atoms with van der Waals surface area (Å²) in [6, 6.07) is 21.6. The second-order valence-corrected chi connectivity index (χ2v) is 6.04. The minimum absolute atomic E-state index is 0.166. The Morgan fingerprint density at radius 2 is 1.61 bits per heavy atom. The topological polar surface area (TPSA) is 29.9 Å². The summed E-state index contributed by atoms with van der Waals surface area (Å²) >= 11 is 0. The van der Waals surface area contributed by atoms with Crippen molar-refractivity contribution >= 4 is 0 Å². The van der Waals surface area contributed by atoms with Gasteiger partial charge in [-0.25, -0.2) is 0 Å². The van der Waals surface area contributed by atoms with Crippen molar-refractivity contribution in [2.75, 3.05) is 0 Å². The predicted octanol–water partition coefficient (Wildman–Crippen LogP) is 3.92. The Balaban J connectivity index is 1.84. The molecule has 0 saturated carbocycles. The third kappa shape index (κ3) is 3.69. The maximum absolute atomic E-state index is 4.54. The van der Waals surface area contributed by atoms with E-state index in [-0.39, 0.29) is 6.04 Å². The molecule has 0 aliphatic heterocycles. The standard InChI is InChI=1S/C20H23N3/c1-15-9-11-18(12-10-15)20(17-7-5-4-6-8-17)21-14-19-13-16(2)23(3)22-19/h4-13,20-21H,14H2,1-3H3. The molecule has 3 aromatic rings. The van der Waals surface area contributed by atoms with Gasteiger partial charge in [-0.05, 0) is 31.0 Å². The molecule has 2 aromatic carbocycles. The van der Waals surface area contributed by atoms with Gasteiger partial charge in [0.05, 0.1) is 11.7 Å². The molecule has 1 atom stereocenters. The van der Waals surface area contributed by atoms with Crippen LogP contribution in [0.5, 0.6) is 0 Å². The highest BCUT2D eigenvalue weighted by Crippen LogP contribution is 2.23. The molecule has 3 nitrogen and oxygen atoms in total. The first-order valence-corrected chi connectivity index (χ1v) is 7.98. The fourth-order valence-corrected chi connectivity index (χ4v) is 2.76. The molecule has 0 aliphatic rings. The van der Waals surface area contributed by atoms with Gasteiger partial charge in [-0.1, -0.05) is 60.2 Å². The van der Waals surface area contributed by atoms with Gasteiger partial charge < -0.3 is 5.32 Å². The summed E-state index contributed by atoms with van der Waals surface area (Å²) in [5.41, 5.74) is 6.06. The van der Waals surface area contributed by atoms with E-state index in [2.05, 4.69) is 84.9 Å². The van der Waals surface area contributed by atoms with Crippen molar-refractivity contribution in [3.05, 3.63) is 88.7 Å². The lowest BCUT2D eigenvalue weighted by atomic mass is 9.98. The molecule has 23 heavy (non-hydrogen) atoms. The van der Waals surface area contributed by atoms with Crippen LogP contribution in [0.15, 0.2) is 60.7 Å². The number of benzene rings is 2. The van der Waals surface area contributed by atoms with Crippen LogP contribution in [0, 0.1) is 13.8 Å².